The van der Waals surface area contributed by atoms with Gasteiger partial charge in [-0.15, -0.1) is 0 Å². The molecule has 0 bridgehead atoms. The number of benzene rings is 2. The Morgan fingerprint density at radius 2 is 1.72 bits per heavy atom. The Hall–Kier alpha value is -3.30. The number of hydrogen-bond donors (Lipinski definition) is 0. The number of rotatable bonds is 5. The number of imide groups is 1. The summed E-state index contributed by atoms with van der Waals surface area (Å²) in [5, 5.41) is 12.4. The fourth-order valence-electron chi connectivity index (χ4n) is 3.87. The van der Waals surface area contributed by atoms with Crippen LogP contribution in [-0.4, -0.2) is 41.6 Å². The minimum Gasteiger partial charge on any atom is -0.494 e. The molecule has 29 heavy (non-hydrogen) atoms. The number of carbonyl (C=O) groups is 2. The number of nitro groups is 1. The van der Waals surface area contributed by atoms with Crippen molar-refractivity contribution in [3.05, 3.63) is 64.2 Å². The molecule has 2 aliphatic heterocycles. The van der Waals surface area contributed by atoms with E-state index < -0.39 is 28.9 Å². The molecular formula is C20H19N3O6. The third kappa shape index (κ3) is 3.14. The van der Waals surface area contributed by atoms with Gasteiger partial charge in [-0.3, -0.25) is 24.5 Å². The normalized spacial score (nSPS) is 24.1. The second kappa shape index (κ2) is 7.26. The maximum absolute atomic E-state index is 13.2. The summed E-state index contributed by atoms with van der Waals surface area (Å²) in [4.78, 5) is 43.3. The zero-order valence-corrected chi connectivity index (χ0v) is 15.8. The molecule has 9 nitrogen and oxygen atoms in total. The van der Waals surface area contributed by atoms with Gasteiger partial charge in [0.15, 0.2) is 6.10 Å². The summed E-state index contributed by atoms with van der Waals surface area (Å²) in [6, 6.07) is 12.1. The van der Waals surface area contributed by atoms with E-state index >= 15 is 0 Å². The second-order valence-corrected chi connectivity index (χ2v) is 6.83. The van der Waals surface area contributed by atoms with Crippen LogP contribution in [0.1, 0.15) is 18.5 Å². The van der Waals surface area contributed by atoms with Gasteiger partial charge in [-0.1, -0.05) is 12.1 Å². The fraction of sp³-hybridized carbons (Fsp3) is 0.300. The first-order chi connectivity index (χ1) is 13.9. The van der Waals surface area contributed by atoms with Gasteiger partial charge in [-0.05, 0) is 36.8 Å². The number of ether oxygens (including phenoxy) is 1. The van der Waals surface area contributed by atoms with Crippen LogP contribution in [0.25, 0.3) is 0 Å². The van der Waals surface area contributed by atoms with E-state index in [1.165, 1.54) is 17.2 Å². The number of non-ortho nitro benzene ring substituents is 1. The summed E-state index contributed by atoms with van der Waals surface area (Å²) in [5.41, 5.74) is 1.07. The largest absolute Gasteiger partial charge is 0.494 e. The molecule has 0 N–H and O–H groups in total. The molecule has 0 radical (unpaired) electrons. The Kier molecular flexibility index (Phi) is 4.77. The molecule has 150 valence electrons. The van der Waals surface area contributed by atoms with Crippen molar-refractivity contribution in [2.45, 2.75) is 19.1 Å². The number of carbonyl (C=O) groups excluding carboxylic acids is 2. The average Bonchev–Trinajstić information content (AvgIpc) is 3.17. The lowest BCUT2D eigenvalue weighted by Gasteiger charge is -2.24. The van der Waals surface area contributed by atoms with E-state index in [0.29, 0.717) is 23.6 Å². The van der Waals surface area contributed by atoms with Gasteiger partial charge in [0, 0.05) is 19.2 Å². The lowest BCUT2D eigenvalue weighted by Crippen LogP contribution is -2.36. The molecule has 0 unspecified atom stereocenters. The van der Waals surface area contributed by atoms with Gasteiger partial charge in [-0.2, -0.15) is 5.06 Å². The molecule has 0 aliphatic carbocycles. The number of hydrogen-bond acceptors (Lipinski definition) is 7. The molecule has 9 heteroatoms. The molecule has 3 atom stereocenters. The average molecular weight is 397 g/mol. The molecule has 2 aromatic carbocycles. The Morgan fingerprint density at radius 3 is 2.31 bits per heavy atom. The van der Waals surface area contributed by atoms with Crippen molar-refractivity contribution in [1.82, 2.24) is 5.06 Å². The van der Waals surface area contributed by atoms with Crippen LogP contribution >= 0.6 is 0 Å². The first-order valence-corrected chi connectivity index (χ1v) is 9.17. The van der Waals surface area contributed by atoms with Crippen molar-refractivity contribution in [2.75, 3.05) is 18.6 Å². The van der Waals surface area contributed by atoms with E-state index in [-0.39, 0.29) is 11.6 Å². The lowest BCUT2D eigenvalue weighted by atomic mass is 9.91. The molecule has 2 saturated heterocycles. The first kappa shape index (κ1) is 19.0. The van der Waals surface area contributed by atoms with Crippen LogP contribution in [0.5, 0.6) is 5.75 Å². The Balaban J connectivity index is 1.63. The highest BCUT2D eigenvalue weighted by Crippen LogP contribution is 2.45. The highest BCUT2D eigenvalue weighted by Gasteiger charge is 2.59. The number of nitro benzene ring substituents is 1. The monoisotopic (exact) mass is 397 g/mol. The molecule has 0 aromatic heterocycles. The third-order valence-electron chi connectivity index (χ3n) is 5.16. The number of amides is 2. The number of fused-ring (bicyclic) bond motifs is 1. The highest BCUT2D eigenvalue weighted by atomic mass is 16.7. The maximum atomic E-state index is 13.2. The standard InChI is InChI=1S/C20H19N3O6/c1-3-28-15-10-8-13(9-11-15)22-19(24)16-17(21(2)29-18(16)20(22)25)12-4-6-14(7-5-12)23(26)27/h4-11,16-18H,3H2,1-2H3/t16-,17-,18-/m0/s1. The van der Waals surface area contributed by atoms with Crippen LogP contribution in [-0.2, 0) is 14.4 Å². The SMILES string of the molecule is CCOc1ccc(N2C(=O)[C@@H]3[C@H](ON(C)[C@H]3c3ccc([N+](=O)[O-])cc3)C2=O)cc1. The molecule has 2 aromatic rings. The molecule has 0 saturated carbocycles. The van der Waals surface area contributed by atoms with E-state index in [2.05, 4.69) is 0 Å². The van der Waals surface area contributed by atoms with Crippen LogP contribution in [0.3, 0.4) is 0 Å². The minimum absolute atomic E-state index is 0.0447. The van der Waals surface area contributed by atoms with Gasteiger partial charge in [-0.25, -0.2) is 4.90 Å². The van der Waals surface area contributed by atoms with E-state index in [9.17, 15) is 19.7 Å². The van der Waals surface area contributed by atoms with E-state index in [1.807, 2.05) is 6.92 Å². The van der Waals surface area contributed by atoms with Crippen LogP contribution < -0.4 is 9.64 Å². The summed E-state index contributed by atoms with van der Waals surface area (Å²) in [7, 11) is 1.65. The zero-order valence-electron chi connectivity index (χ0n) is 15.8. The summed E-state index contributed by atoms with van der Waals surface area (Å²) in [6.45, 7) is 2.39. The predicted octanol–water partition coefficient (Wildman–Crippen LogP) is 2.47. The van der Waals surface area contributed by atoms with Crippen molar-refractivity contribution >= 4 is 23.2 Å². The number of nitrogens with zero attached hydrogens (tertiary/aromatic N) is 3. The van der Waals surface area contributed by atoms with Crippen molar-refractivity contribution in [3.8, 4) is 5.75 Å². The van der Waals surface area contributed by atoms with Crippen molar-refractivity contribution in [2.24, 2.45) is 5.92 Å². The summed E-state index contributed by atoms with van der Waals surface area (Å²) < 4.78 is 5.40. The molecule has 0 spiro atoms. The molecule has 2 amide bonds. The molecule has 2 fully saturated rings. The van der Waals surface area contributed by atoms with Gasteiger partial charge < -0.3 is 4.74 Å². The third-order valence-corrected chi connectivity index (χ3v) is 5.16. The molecule has 2 aliphatic rings. The zero-order chi connectivity index (χ0) is 20.7. The van der Waals surface area contributed by atoms with Gasteiger partial charge >= 0.3 is 0 Å². The van der Waals surface area contributed by atoms with E-state index in [4.69, 9.17) is 9.57 Å². The van der Waals surface area contributed by atoms with E-state index in [1.54, 1.807) is 43.4 Å². The van der Waals surface area contributed by atoms with Gasteiger partial charge in [0.05, 0.1) is 29.2 Å². The summed E-state index contributed by atoms with van der Waals surface area (Å²) >= 11 is 0. The smallest absolute Gasteiger partial charge is 0.269 e. The molecular weight excluding hydrogens is 378 g/mol. The topological polar surface area (TPSA) is 102 Å². The lowest BCUT2D eigenvalue weighted by molar-refractivity contribution is -0.384. The fourth-order valence-corrected chi connectivity index (χ4v) is 3.87. The summed E-state index contributed by atoms with van der Waals surface area (Å²) in [5.74, 6) is -0.881. The van der Waals surface area contributed by atoms with Crippen molar-refractivity contribution < 1.29 is 24.1 Å². The van der Waals surface area contributed by atoms with Crippen molar-refractivity contribution in [1.29, 1.82) is 0 Å². The van der Waals surface area contributed by atoms with Crippen LogP contribution in [0.2, 0.25) is 0 Å². The van der Waals surface area contributed by atoms with Crippen molar-refractivity contribution in [3.63, 3.8) is 0 Å². The Labute approximate surface area is 166 Å². The second-order valence-electron chi connectivity index (χ2n) is 6.83. The molecule has 2 heterocycles. The van der Waals surface area contributed by atoms with Crippen LogP contribution in [0.4, 0.5) is 11.4 Å². The van der Waals surface area contributed by atoms with Gasteiger partial charge in [0.1, 0.15) is 5.75 Å². The van der Waals surface area contributed by atoms with Gasteiger partial charge in [0.25, 0.3) is 11.6 Å². The maximum Gasteiger partial charge on any atom is 0.269 e. The first-order valence-electron chi connectivity index (χ1n) is 9.17. The predicted molar refractivity (Wildman–Crippen MR) is 102 cm³/mol. The Morgan fingerprint density at radius 1 is 1.07 bits per heavy atom. The molecule has 4 rings (SSSR count). The van der Waals surface area contributed by atoms with Crippen LogP contribution in [0, 0.1) is 16.0 Å². The quantitative estimate of drug-likeness (QED) is 0.434. The number of hydroxylamine groups is 2. The highest BCUT2D eigenvalue weighted by molar-refractivity contribution is 6.23. The number of anilines is 1. The van der Waals surface area contributed by atoms with E-state index in [0.717, 1.165) is 4.90 Å². The minimum atomic E-state index is -0.931. The Bertz CT molecular complexity index is 959. The summed E-state index contributed by atoms with van der Waals surface area (Å²) in [6.07, 6.45) is -0.931. The van der Waals surface area contributed by atoms with Crippen LogP contribution in [0.15, 0.2) is 48.5 Å². The van der Waals surface area contributed by atoms with Gasteiger partial charge in [0.2, 0.25) is 5.91 Å².